The van der Waals surface area contributed by atoms with Crippen molar-refractivity contribution >= 4 is 26.9 Å². The maximum absolute atomic E-state index is 11.5. The fourth-order valence-corrected chi connectivity index (χ4v) is 4.10. The first-order valence-corrected chi connectivity index (χ1v) is 9.72. The zero-order valence-corrected chi connectivity index (χ0v) is 14.6. The van der Waals surface area contributed by atoms with Gasteiger partial charge >= 0.3 is 10.1 Å². The van der Waals surface area contributed by atoms with E-state index in [1.165, 1.54) is 11.8 Å². The van der Waals surface area contributed by atoms with Crippen LogP contribution in [0.2, 0.25) is 0 Å². The number of nitriles is 1. The van der Waals surface area contributed by atoms with Crippen molar-refractivity contribution in [1.82, 2.24) is 0 Å². The Bertz CT molecular complexity index is 764. The highest BCUT2D eigenvalue weighted by Gasteiger charge is 2.28. The van der Waals surface area contributed by atoms with Crippen LogP contribution in [-0.4, -0.2) is 24.5 Å². The van der Waals surface area contributed by atoms with Gasteiger partial charge in [0.1, 0.15) is 5.04 Å². The van der Waals surface area contributed by atoms with Crippen LogP contribution in [0.4, 0.5) is 0 Å². The number of hydrogen-bond acceptors (Lipinski definition) is 6. The molecule has 0 amide bonds. The predicted molar refractivity (Wildman–Crippen MR) is 92.6 cm³/mol. The smallest absolute Gasteiger partial charge is 0.267 e. The molecule has 0 saturated heterocycles. The third kappa shape index (κ3) is 4.60. The molecule has 1 aliphatic heterocycles. The number of thioether (sulfide) groups is 1. The second-order valence-corrected chi connectivity index (χ2v) is 8.04. The Morgan fingerprint density at radius 1 is 1.43 bits per heavy atom. The van der Waals surface area contributed by atoms with E-state index in [4.69, 9.17) is 0 Å². The van der Waals surface area contributed by atoms with Crippen molar-refractivity contribution in [1.29, 1.82) is 5.26 Å². The minimum Gasteiger partial charge on any atom is -0.267 e. The van der Waals surface area contributed by atoms with Crippen LogP contribution in [0, 0.1) is 18.3 Å². The van der Waals surface area contributed by atoms with Crippen LogP contribution in [0.25, 0.3) is 0 Å². The Morgan fingerprint density at radius 3 is 2.83 bits per heavy atom. The second-order valence-electron chi connectivity index (χ2n) is 5.17. The summed E-state index contributed by atoms with van der Waals surface area (Å²) in [6, 6.07) is 10.1. The van der Waals surface area contributed by atoms with Gasteiger partial charge in [0.2, 0.25) is 0 Å². The van der Waals surface area contributed by atoms with Gasteiger partial charge in [-0.15, -0.1) is 0 Å². The Kier molecular flexibility index (Phi) is 5.85. The molecule has 0 bridgehead atoms. The first-order valence-electron chi connectivity index (χ1n) is 7.26. The first-order chi connectivity index (χ1) is 11.0. The van der Waals surface area contributed by atoms with Gasteiger partial charge in [-0.05, 0) is 30.5 Å². The third-order valence-electron chi connectivity index (χ3n) is 3.37. The molecular weight excluding hydrogens is 332 g/mol. The third-order valence-corrected chi connectivity index (χ3v) is 5.73. The van der Waals surface area contributed by atoms with Crippen molar-refractivity contribution in [3.63, 3.8) is 0 Å². The Labute approximate surface area is 141 Å². The Hall–Kier alpha value is -1.78. The van der Waals surface area contributed by atoms with Crippen LogP contribution in [0.5, 0.6) is 0 Å². The van der Waals surface area contributed by atoms with Gasteiger partial charge < -0.3 is 0 Å². The van der Waals surface area contributed by atoms with Crippen LogP contribution in [0.15, 0.2) is 41.6 Å². The lowest BCUT2D eigenvalue weighted by atomic mass is 9.93. The molecular formula is C16H18N2O3S2. The Morgan fingerprint density at radius 2 is 2.17 bits per heavy atom. The molecule has 7 heteroatoms. The van der Waals surface area contributed by atoms with Crippen molar-refractivity contribution in [3.05, 3.63) is 47.5 Å². The number of aryl methyl sites for hydroxylation is 1. The molecule has 0 N–H and O–H groups in total. The van der Waals surface area contributed by atoms with Crippen LogP contribution >= 0.6 is 11.8 Å². The van der Waals surface area contributed by atoms with Crippen molar-refractivity contribution in [2.45, 2.75) is 31.4 Å². The van der Waals surface area contributed by atoms with Gasteiger partial charge in [0, 0.05) is 5.25 Å². The number of nitrogens with zero attached hydrogens (tertiary/aromatic N) is 2. The van der Waals surface area contributed by atoms with Gasteiger partial charge in [0.15, 0.2) is 0 Å². The van der Waals surface area contributed by atoms with E-state index in [1.54, 1.807) is 13.0 Å². The van der Waals surface area contributed by atoms with Crippen LogP contribution in [0.1, 0.15) is 30.4 Å². The summed E-state index contributed by atoms with van der Waals surface area (Å²) in [7, 11) is -3.62. The maximum atomic E-state index is 11.5. The number of benzene rings is 1. The lowest BCUT2D eigenvalue weighted by Crippen LogP contribution is -2.11. The van der Waals surface area contributed by atoms with E-state index in [0.717, 1.165) is 11.1 Å². The van der Waals surface area contributed by atoms with Crippen LogP contribution in [0.3, 0.4) is 0 Å². The fourth-order valence-electron chi connectivity index (χ4n) is 2.26. The molecule has 1 aromatic rings. The summed E-state index contributed by atoms with van der Waals surface area (Å²) in [6.45, 7) is 3.73. The lowest BCUT2D eigenvalue weighted by Gasteiger charge is -2.16. The fraction of sp³-hybridized carbons (Fsp3) is 0.375. The molecule has 0 spiro atoms. The van der Waals surface area contributed by atoms with E-state index in [2.05, 4.69) is 15.5 Å². The summed E-state index contributed by atoms with van der Waals surface area (Å²) in [5, 5.41) is 13.6. The van der Waals surface area contributed by atoms with E-state index in [9.17, 15) is 13.7 Å². The lowest BCUT2D eigenvalue weighted by molar-refractivity contribution is 0.340. The molecule has 5 nitrogen and oxygen atoms in total. The topological polar surface area (TPSA) is 79.5 Å². The van der Waals surface area contributed by atoms with E-state index >= 15 is 0 Å². The van der Waals surface area contributed by atoms with E-state index in [-0.39, 0.29) is 16.9 Å². The van der Waals surface area contributed by atoms with Crippen molar-refractivity contribution in [3.8, 4) is 6.07 Å². The van der Waals surface area contributed by atoms with E-state index in [0.29, 0.717) is 11.5 Å². The quantitative estimate of drug-likeness (QED) is 0.735. The molecule has 0 radical (unpaired) electrons. The largest absolute Gasteiger partial charge is 0.328 e. The summed E-state index contributed by atoms with van der Waals surface area (Å²) in [5.74, 6) is -0.386. The molecule has 1 heterocycles. The molecule has 0 saturated carbocycles. The zero-order chi connectivity index (χ0) is 16.9. The van der Waals surface area contributed by atoms with Crippen molar-refractivity contribution in [2.24, 2.45) is 5.16 Å². The van der Waals surface area contributed by atoms with Crippen molar-refractivity contribution in [2.75, 3.05) is 5.75 Å². The van der Waals surface area contributed by atoms with Gasteiger partial charge in [-0.1, -0.05) is 54.2 Å². The normalized spacial score (nSPS) is 20.4. The van der Waals surface area contributed by atoms with Crippen LogP contribution in [-0.2, 0) is 14.4 Å². The molecule has 2 rings (SSSR count). The molecule has 1 aromatic carbocycles. The van der Waals surface area contributed by atoms with Gasteiger partial charge in [-0.2, -0.15) is 13.7 Å². The van der Waals surface area contributed by atoms with E-state index < -0.39 is 10.1 Å². The minimum atomic E-state index is -3.62. The average Bonchev–Trinajstić information content (AvgIpc) is 2.97. The monoisotopic (exact) mass is 350 g/mol. The maximum Gasteiger partial charge on any atom is 0.328 e. The Balaban J connectivity index is 2.09. The molecule has 2 unspecified atom stereocenters. The van der Waals surface area contributed by atoms with Gasteiger partial charge in [-0.25, -0.2) is 0 Å². The number of hydrogen-bond donors (Lipinski definition) is 0. The summed E-state index contributed by atoms with van der Waals surface area (Å²) in [6.07, 6.45) is 4.03. The van der Waals surface area contributed by atoms with Gasteiger partial charge in [-0.3, -0.25) is 4.28 Å². The minimum absolute atomic E-state index is 0.0639. The molecule has 0 aromatic heterocycles. The summed E-state index contributed by atoms with van der Waals surface area (Å²) < 4.78 is 27.7. The summed E-state index contributed by atoms with van der Waals surface area (Å²) in [5.41, 5.74) is 2.03. The highest BCUT2D eigenvalue weighted by Crippen LogP contribution is 2.35. The highest BCUT2D eigenvalue weighted by atomic mass is 32.2. The van der Waals surface area contributed by atoms with Gasteiger partial charge in [0.05, 0.1) is 17.7 Å². The summed E-state index contributed by atoms with van der Waals surface area (Å²) in [4.78, 5) is 0. The van der Waals surface area contributed by atoms with Gasteiger partial charge in [0.25, 0.3) is 0 Å². The highest BCUT2D eigenvalue weighted by molar-refractivity contribution is 8.15. The second kappa shape index (κ2) is 7.66. The van der Waals surface area contributed by atoms with Crippen LogP contribution < -0.4 is 0 Å². The predicted octanol–water partition coefficient (Wildman–Crippen LogP) is 3.34. The molecule has 1 aliphatic rings. The average molecular weight is 350 g/mol. The zero-order valence-electron chi connectivity index (χ0n) is 13.0. The number of rotatable bonds is 6. The number of oxime groups is 1. The molecule has 0 aliphatic carbocycles. The standard InChI is InChI=1S/C16H18N2O3S2/c1-3-10-23(19,20)21-18-16-9-8-15(22-16)14(11-17)13-7-5-4-6-12(13)2/h4-9,14-15H,3,10H2,1-2H3. The van der Waals surface area contributed by atoms with E-state index in [1.807, 2.05) is 37.3 Å². The first kappa shape index (κ1) is 17.6. The molecule has 0 fully saturated rings. The summed E-state index contributed by atoms with van der Waals surface area (Å²) >= 11 is 1.33. The SMILES string of the molecule is CCCS(=O)(=O)ON=C1C=CC(C(C#N)c2ccccc2C)S1. The van der Waals surface area contributed by atoms with Crippen molar-refractivity contribution < 1.29 is 12.7 Å². The molecule has 2 atom stereocenters. The molecule has 122 valence electrons. The molecule has 23 heavy (non-hydrogen) atoms.